The molecule has 0 saturated carbocycles. The number of nitrogens with zero attached hydrogens (tertiary/aromatic N) is 3. The highest BCUT2D eigenvalue weighted by atomic mass is 16.2. The normalized spacial score (nSPS) is 14.5. The van der Waals surface area contributed by atoms with Gasteiger partial charge in [0.15, 0.2) is 0 Å². The number of hydrogen-bond acceptors (Lipinski definition) is 3. The number of anilines is 1. The predicted octanol–water partition coefficient (Wildman–Crippen LogP) is 1.45. The number of nitrogens with one attached hydrogen (secondary N) is 2. The number of piperazine rings is 1. The van der Waals surface area contributed by atoms with Crippen molar-refractivity contribution >= 4 is 17.6 Å². The van der Waals surface area contributed by atoms with E-state index >= 15 is 0 Å². The summed E-state index contributed by atoms with van der Waals surface area (Å²) in [4.78, 5) is 25.0. The van der Waals surface area contributed by atoms with Gasteiger partial charge >= 0.3 is 6.03 Å². The van der Waals surface area contributed by atoms with Crippen LogP contribution in [0.1, 0.15) is 11.4 Å². The fraction of sp³-hybridized carbons (Fsp3) is 0.312. The Hall–Kier alpha value is -2.83. The van der Waals surface area contributed by atoms with Gasteiger partial charge in [0, 0.05) is 24.5 Å². The van der Waals surface area contributed by atoms with Crippen LogP contribution in [-0.2, 0) is 4.79 Å². The Balaban J connectivity index is 1.69. The highest BCUT2D eigenvalue weighted by molar-refractivity contribution is 5.93. The molecule has 1 aromatic heterocycles. The van der Waals surface area contributed by atoms with E-state index in [0.29, 0.717) is 18.8 Å². The van der Waals surface area contributed by atoms with E-state index in [1.807, 2.05) is 48.9 Å². The number of aryl methyl sites for hydroxylation is 2. The van der Waals surface area contributed by atoms with Crippen LogP contribution in [0, 0.1) is 13.8 Å². The molecule has 7 heteroatoms. The second-order valence-corrected chi connectivity index (χ2v) is 5.59. The molecule has 2 aromatic rings. The van der Waals surface area contributed by atoms with E-state index < -0.39 is 0 Å². The minimum absolute atomic E-state index is 0.0929. The summed E-state index contributed by atoms with van der Waals surface area (Å²) >= 11 is 0. The first-order valence-corrected chi connectivity index (χ1v) is 7.49. The second kappa shape index (κ2) is 6.12. The smallest absolute Gasteiger partial charge is 0.322 e. The molecule has 0 bridgehead atoms. The Kier molecular flexibility index (Phi) is 4.01. The van der Waals surface area contributed by atoms with Crippen LogP contribution in [-0.4, -0.2) is 46.3 Å². The summed E-state index contributed by atoms with van der Waals surface area (Å²) < 4.78 is 1.86. The van der Waals surface area contributed by atoms with Crippen LogP contribution in [0.5, 0.6) is 0 Å². The maximum Gasteiger partial charge on any atom is 0.322 e. The molecule has 3 amide bonds. The summed E-state index contributed by atoms with van der Waals surface area (Å²) in [6.45, 7) is 5.05. The Labute approximate surface area is 134 Å². The molecule has 0 radical (unpaired) electrons. The Morgan fingerprint density at radius 1 is 1.26 bits per heavy atom. The summed E-state index contributed by atoms with van der Waals surface area (Å²) in [7, 11) is 0. The second-order valence-electron chi connectivity index (χ2n) is 5.59. The molecule has 1 aromatic carbocycles. The number of urea groups is 1. The molecule has 0 atom stereocenters. The molecule has 3 rings (SSSR count). The number of hydrogen-bond donors (Lipinski definition) is 2. The maximum atomic E-state index is 12.1. The molecular weight excluding hydrogens is 294 g/mol. The fourth-order valence-corrected chi connectivity index (χ4v) is 2.59. The van der Waals surface area contributed by atoms with Gasteiger partial charge in [-0.05, 0) is 44.2 Å². The van der Waals surface area contributed by atoms with Crippen molar-refractivity contribution in [2.45, 2.75) is 13.8 Å². The van der Waals surface area contributed by atoms with Crippen molar-refractivity contribution < 1.29 is 9.59 Å². The molecule has 1 aliphatic rings. The zero-order valence-corrected chi connectivity index (χ0v) is 13.2. The highest BCUT2D eigenvalue weighted by Gasteiger charge is 2.20. The molecule has 0 aliphatic carbocycles. The SMILES string of the molecule is Cc1cc(C)n(-c2ccc(NC(=O)N3CCNC(=O)C3)cc2)n1. The lowest BCUT2D eigenvalue weighted by atomic mass is 10.2. The average Bonchev–Trinajstić information content (AvgIpc) is 2.86. The van der Waals surface area contributed by atoms with E-state index in [-0.39, 0.29) is 18.5 Å². The Morgan fingerprint density at radius 2 is 2.00 bits per heavy atom. The minimum Gasteiger partial charge on any atom is -0.353 e. The summed E-state index contributed by atoms with van der Waals surface area (Å²) in [5.74, 6) is -0.133. The molecule has 2 heterocycles. The molecule has 23 heavy (non-hydrogen) atoms. The first-order valence-electron chi connectivity index (χ1n) is 7.49. The van der Waals surface area contributed by atoms with Gasteiger partial charge in [0.05, 0.1) is 11.4 Å². The minimum atomic E-state index is -0.265. The van der Waals surface area contributed by atoms with Crippen molar-refractivity contribution in [2.75, 3.05) is 25.0 Å². The van der Waals surface area contributed by atoms with E-state index in [4.69, 9.17) is 0 Å². The first kappa shape index (κ1) is 15.1. The maximum absolute atomic E-state index is 12.1. The van der Waals surface area contributed by atoms with Gasteiger partial charge in [-0.3, -0.25) is 4.79 Å². The van der Waals surface area contributed by atoms with Gasteiger partial charge in [-0.15, -0.1) is 0 Å². The number of carbonyl (C=O) groups is 2. The van der Waals surface area contributed by atoms with Gasteiger partial charge in [0.25, 0.3) is 0 Å². The molecule has 0 unspecified atom stereocenters. The third-order valence-electron chi connectivity index (χ3n) is 3.70. The van der Waals surface area contributed by atoms with Gasteiger partial charge < -0.3 is 15.5 Å². The Morgan fingerprint density at radius 3 is 2.61 bits per heavy atom. The molecular formula is C16H19N5O2. The van der Waals surface area contributed by atoms with Crippen LogP contribution < -0.4 is 10.6 Å². The van der Waals surface area contributed by atoms with Gasteiger partial charge in [-0.1, -0.05) is 0 Å². The van der Waals surface area contributed by atoms with Crippen molar-refractivity contribution in [1.82, 2.24) is 20.0 Å². The van der Waals surface area contributed by atoms with E-state index in [2.05, 4.69) is 15.7 Å². The van der Waals surface area contributed by atoms with E-state index in [0.717, 1.165) is 17.1 Å². The number of carbonyl (C=O) groups excluding carboxylic acids is 2. The predicted molar refractivity (Wildman–Crippen MR) is 86.6 cm³/mol. The Bertz CT molecular complexity index is 735. The fourth-order valence-electron chi connectivity index (χ4n) is 2.59. The lowest BCUT2D eigenvalue weighted by Gasteiger charge is -2.26. The summed E-state index contributed by atoms with van der Waals surface area (Å²) in [6.07, 6.45) is 0. The summed E-state index contributed by atoms with van der Waals surface area (Å²) in [6, 6.07) is 9.20. The van der Waals surface area contributed by atoms with E-state index in [1.165, 1.54) is 4.90 Å². The van der Waals surface area contributed by atoms with Crippen LogP contribution in [0.4, 0.5) is 10.5 Å². The molecule has 1 aliphatic heterocycles. The third-order valence-corrected chi connectivity index (χ3v) is 3.70. The van der Waals surface area contributed by atoms with Crippen molar-refractivity contribution in [3.8, 4) is 5.69 Å². The van der Waals surface area contributed by atoms with Crippen LogP contribution >= 0.6 is 0 Å². The number of aromatic nitrogens is 2. The monoisotopic (exact) mass is 313 g/mol. The molecule has 1 saturated heterocycles. The van der Waals surface area contributed by atoms with Gasteiger partial charge in [-0.25, -0.2) is 9.48 Å². The van der Waals surface area contributed by atoms with Crippen molar-refractivity contribution in [1.29, 1.82) is 0 Å². The molecule has 7 nitrogen and oxygen atoms in total. The third kappa shape index (κ3) is 3.33. The van der Waals surface area contributed by atoms with Crippen molar-refractivity contribution in [3.63, 3.8) is 0 Å². The highest BCUT2D eigenvalue weighted by Crippen LogP contribution is 2.16. The van der Waals surface area contributed by atoms with E-state index in [1.54, 1.807) is 0 Å². The largest absolute Gasteiger partial charge is 0.353 e. The lowest BCUT2D eigenvalue weighted by molar-refractivity contribution is -0.123. The number of benzene rings is 1. The summed E-state index contributed by atoms with van der Waals surface area (Å²) in [5, 5.41) is 9.93. The lowest BCUT2D eigenvalue weighted by Crippen LogP contribution is -2.51. The van der Waals surface area contributed by atoms with Crippen LogP contribution in [0.25, 0.3) is 5.69 Å². The zero-order chi connectivity index (χ0) is 16.4. The molecule has 1 fully saturated rings. The quantitative estimate of drug-likeness (QED) is 0.881. The summed E-state index contributed by atoms with van der Waals surface area (Å²) in [5.41, 5.74) is 3.64. The van der Waals surface area contributed by atoms with E-state index in [9.17, 15) is 9.59 Å². The van der Waals surface area contributed by atoms with Crippen molar-refractivity contribution in [3.05, 3.63) is 41.7 Å². The van der Waals surface area contributed by atoms with Gasteiger partial charge in [0.1, 0.15) is 6.54 Å². The molecule has 2 N–H and O–H groups in total. The van der Waals surface area contributed by atoms with Gasteiger partial charge in [-0.2, -0.15) is 5.10 Å². The van der Waals surface area contributed by atoms with Crippen LogP contribution in [0.3, 0.4) is 0 Å². The number of amides is 3. The van der Waals surface area contributed by atoms with Crippen molar-refractivity contribution in [2.24, 2.45) is 0 Å². The molecule has 0 spiro atoms. The topological polar surface area (TPSA) is 79.3 Å². The van der Waals surface area contributed by atoms with Crippen LogP contribution in [0.2, 0.25) is 0 Å². The first-order chi connectivity index (χ1) is 11.0. The van der Waals surface area contributed by atoms with Gasteiger partial charge in [0.2, 0.25) is 5.91 Å². The zero-order valence-electron chi connectivity index (χ0n) is 13.2. The average molecular weight is 313 g/mol. The number of rotatable bonds is 2. The molecule has 120 valence electrons. The standard InChI is InChI=1S/C16H19N5O2/c1-11-9-12(2)21(19-11)14-5-3-13(4-6-14)18-16(23)20-8-7-17-15(22)10-20/h3-6,9H,7-8,10H2,1-2H3,(H,17,22)(H,18,23). The van der Waals surface area contributed by atoms with Crippen LogP contribution in [0.15, 0.2) is 30.3 Å².